The molecule has 1 fully saturated rings. The molecule has 1 aromatic heterocycles. The highest BCUT2D eigenvalue weighted by Gasteiger charge is 2.40. The van der Waals surface area contributed by atoms with Gasteiger partial charge in [-0.25, -0.2) is 14.4 Å². The van der Waals surface area contributed by atoms with Crippen molar-refractivity contribution in [1.29, 1.82) is 0 Å². The Hall–Kier alpha value is -3.75. The van der Waals surface area contributed by atoms with Crippen molar-refractivity contribution in [1.82, 2.24) is 24.7 Å². The molecule has 0 saturated carbocycles. The van der Waals surface area contributed by atoms with Gasteiger partial charge in [0.05, 0.1) is 25.0 Å². The molecule has 1 saturated heterocycles. The van der Waals surface area contributed by atoms with Crippen molar-refractivity contribution in [3.8, 4) is 5.69 Å². The number of benzene rings is 1. The lowest BCUT2D eigenvalue weighted by Crippen LogP contribution is -2.66. The SMILES string of the molecule is CC(C)(C)OC(=O)NC(C)(C)C(=O)N1CCN(C(=O)Nc2ccn(-c3ccc(CO[Si](C)(C)C(C)(C)C)cc3)c(=O)n2)C[C@H]1N. The summed E-state index contributed by atoms with van der Waals surface area (Å²) >= 11 is 0. The summed E-state index contributed by atoms with van der Waals surface area (Å²) in [5.41, 5.74) is 5.37. The number of ether oxygens (including phenoxy) is 1. The number of rotatable bonds is 7. The second-order valence-corrected chi connectivity index (χ2v) is 19.2. The fraction of sp³-hybridized carbons (Fsp3) is 0.581. The molecule has 0 unspecified atom stereocenters. The largest absolute Gasteiger partial charge is 0.444 e. The number of amides is 4. The molecule has 4 amide bonds. The number of nitrogens with zero attached hydrogens (tertiary/aromatic N) is 4. The number of carbonyl (C=O) groups excluding carboxylic acids is 3. The van der Waals surface area contributed by atoms with E-state index in [0.717, 1.165) is 5.56 Å². The lowest BCUT2D eigenvalue weighted by atomic mass is 10.0. The molecule has 0 aliphatic carbocycles. The summed E-state index contributed by atoms with van der Waals surface area (Å²) in [4.78, 5) is 58.2. The molecule has 1 aliphatic rings. The van der Waals surface area contributed by atoms with E-state index >= 15 is 0 Å². The molecule has 0 spiro atoms. The Morgan fingerprint density at radius 3 is 2.16 bits per heavy atom. The second kappa shape index (κ2) is 13.3. The first kappa shape index (κ1) is 35.7. The third-order valence-electron chi connectivity index (χ3n) is 7.97. The first-order valence-corrected chi connectivity index (χ1v) is 18.0. The second-order valence-electron chi connectivity index (χ2n) is 14.4. The molecule has 2 heterocycles. The van der Waals surface area contributed by atoms with Crippen LogP contribution < -0.4 is 22.1 Å². The molecular formula is C31H49N7O6Si. The van der Waals surface area contributed by atoms with Crippen molar-refractivity contribution >= 4 is 32.2 Å². The Bertz CT molecular complexity index is 1440. The number of alkyl carbamates (subject to hydrolysis) is 1. The molecule has 1 aliphatic heterocycles. The molecule has 4 N–H and O–H groups in total. The number of anilines is 1. The first-order chi connectivity index (χ1) is 20.6. The van der Waals surface area contributed by atoms with Crippen LogP contribution in [0.5, 0.6) is 0 Å². The maximum Gasteiger partial charge on any atom is 0.408 e. The van der Waals surface area contributed by atoms with Gasteiger partial charge in [0.1, 0.15) is 17.0 Å². The fourth-order valence-electron chi connectivity index (χ4n) is 4.31. The summed E-state index contributed by atoms with van der Waals surface area (Å²) in [6.07, 6.45) is 0.0206. The van der Waals surface area contributed by atoms with E-state index in [1.807, 2.05) is 24.3 Å². The molecule has 0 bridgehead atoms. The van der Waals surface area contributed by atoms with Crippen LogP contribution in [0.25, 0.3) is 5.69 Å². The summed E-state index contributed by atoms with van der Waals surface area (Å²) in [6.45, 7) is 20.2. The summed E-state index contributed by atoms with van der Waals surface area (Å²) in [7, 11) is -1.88. The zero-order valence-electron chi connectivity index (χ0n) is 28.2. The lowest BCUT2D eigenvalue weighted by molar-refractivity contribution is -0.141. The van der Waals surface area contributed by atoms with Crippen molar-refractivity contribution in [2.75, 3.05) is 25.0 Å². The van der Waals surface area contributed by atoms with E-state index in [4.69, 9.17) is 14.9 Å². The van der Waals surface area contributed by atoms with Crippen molar-refractivity contribution in [2.24, 2.45) is 5.73 Å². The number of piperazine rings is 1. The zero-order chi connectivity index (χ0) is 34.0. The molecule has 248 valence electrons. The topological polar surface area (TPSA) is 161 Å². The fourth-order valence-corrected chi connectivity index (χ4v) is 5.27. The smallest absolute Gasteiger partial charge is 0.408 e. The molecule has 13 nitrogen and oxygen atoms in total. The molecular weight excluding hydrogens is 594 g/mol. The molecule has 3 rings (SSSR count). The van der Waals surface area contributed by atoms with Gasteiger partial charge in [0.2, 0.25) is 5.91 Å². The highest BCUT2D eigenvalue weighted by atomic mass is 28.4. The van der Waals surface area contributed by atoms with Crippen molar-refractivity contribution < 1.29 is 23.5 Å². The Morgan fingerprint density at radius 1 is 1.00 bits per heavy atom. The third kappa shape index (κ3) is 9.37. The van der Waals surface area contributed by atoms with E-state index in [0.29, 0.717) is 12.3 Å². The van der Waals surface area contributed by atoms with Gasteiger partial charge < -0.3 is 30.0 Å². The van der Waals surface area contributed by atoms with Crippen LogP contribution in [-0.2, 0) is 20.6 Å². The molecule has 1 aromatic carbocycles. The minimum atomic E-state index is -1.88. The number of nitrogens with one attached hydrogen (secondary N) is 2. The van der Waals surface area contributed by atoms with Crippen LogP contribution in [0.2, 0.25) is 18.1 Å². The Labute approximate surface area is 266 Å². The van der Waals surface area contributed by atoms with Crippen LogP contribution >= 0.6 is 0 Å². The highest BCUT2D eigenvalue weighted by Crippen LogP contribution is 2.37. The number of hydrogen-bond donors (Lipinski definition) is 3. The van der Waals surface area contributed by atoms with Crippen LogP contribution in [0.1, 0.15) is 61.0 Å². The summed E-state index contributed by atoms with van der Waals surface area (Å²) in [5.74, 6) is -0.308. The number of hydrogen-bond acceptors (Lipinski definition) is 8. The van der Waals surface area contributed by atoms with Gasteiger partial charge >= 0.3 is 17.8 Å². The average molecular weight is 644 g/mol. The zero-order valence-corrected chi connectivity index (χ0v) is 29.2. The normalized spacial score (nSPS) is 16.3. The average Bonchev–Trinajstić information content (AvgIpc) is 2.90. The minimum absolute atomic E-state index is 0.0443. The van der Waals surface area contributed by atoms with E-state index < -0.39 is 49.3 Å². The van der Waals surface area contributed by atoms with Gasteiger partial charge in [0.25, 0.3) is 0 Å². The van der Waals surface area contributed by atoms with Crippen LogP contribution in [0.4, 0.5) is 15.4 Å². The maximum absolute atomic E-state index is 13.2. The number of urea groups is 1. The van der Waals surface area contributed by atoms with Crippen LogP contribution in [0.15, 0.2) is 41.3 Å². The lowest BCUT2D eigenvalue weighted by Gasteiger charge is -2.42. The molecule has 1 atom stereocenters. The highest BCUT2D eigenvalue weighted by molar-refractivity contribution is 6.74. The van der Waals surface area contributed by atoms with Gasteiger partial charge in [-0.2, -0.15) is 4.98 Å². The quantitative estimate of drug-likeness (QED) is 0.381. The van der Waals surface area contributed by atoms with Crippen molar-refractivity contribution in [3.05, 3.63) is 52.6 Å². The standard InChI is InChI=1S/C31H49N7O6Si/c1-29(2,3)44-28(42)35-31(7,8)25(39)38-18-17-36(19-23(38)32)26(40)33-24-15-16-37(27(41)34-24)22-13-11-21(12-14-22)20-43-45(9,10)30(4,5)6/h11-16,23H,17-20,32H2,1-10H3,(H,35,42)(H,33,34,40,41)/t23-/m0/s1. The van der Waals surface area contributed by atoms with Gasteiger partial charge in [-0.15, -0.1) is 0 Å². The van der Waals surface area contributed by atoms with E-state index in [2.05, 4.69) is 49.5 Å². The molecule has 14 heteroatoms. The predicted octanol–water partition coefficient (Wildman–Crippen LogP) is 4.02. The Balaban J connectivity index is 1.58. The third-order valence-corrected chi connectivity index (χ3v) is 12.5. The monoisotopic (exact) mass is 643 g/mol. The molecule has 0 radical (unpaired) electrons. The van der Waals surface area contributed by atoms with Gasteiger partial charge in [-0.1, -0.05) is 32.9 Å². The van der Waals surface area contributed by atoms with Crippen molar-refractivity contribution in [2.45, 2.75) is 97.4 Å². The van der Waals surface area contributed by atoms with Gasteiger partial charge in [0, 0.05) is 19.3 Å². The Morgan fingerprint density at radius 2 is 1.62 bits per heavy atom. The summed E-state index contributed by atoms with van der Waals surface area (Å²) in [6, 6.07) is 8.55. The number of carbonyl (C=O) groups is 3. The van der Waals surface area contributed by atoms with Gasteiger partial charge in [-0.05, 0) is 76.5 Å². The molecule has 2 aromatic rings. The Kier molecular flexibility index (Phi) is 10.6. The van der Waals surface area contributed by atoms with E-state index in [9.17, 15) is 19.2 Å². The number of nitrogens with two attached hydrogens (primary N) is 1. The first-order valence-electron chi connectivity index (χ1n) is 15.1. The maximum atomic E-state index is 13.2. The van der Waals surface area contributed by atoms with Crippen LogP contribution in [-0.4, -0.2) is 82.6 Å². The summed E-state index contributed by atoms with van der Waals surface area (Å²) in [5, 5.41) is 5.35. The van der Waals surface area contributed by atoms with Crippen LogP contribution in [0.3, 0.4) is 0 Å². The van der Waals surface area contributed by atoms with Crippen molar-refractivity contribution in [3.63, 3.8) is 0 Å². The van der Waals surface area contributed by atoms with E-state index in [1.54, 1.807) is 46.9 Å². The summed E-state index contributed by atoms with van der Waals surface area (Å²) < 4.78 is 12.9. The molecule has 45 heavy (non-hydrogen) atoms. The van der Waals surface area contributed by atoms with Gasteiger partial charge in [-0.3, -0.25) is 14.7 Å². The predicted molar refractivity (Wildman–Crippen MR) is 176 cm³/mol. The van der Waals surface area contributed by atoms with Crippen LogP contribution in [0, 0.1) is 0 Å². The number of aromatic nitrogens is 2. The van der Waals surface area contributed by atoms with E-state index in [1.165, 1.54) is 14.4 Å². The minimum Gasteiger partial charge on any atom is -0.444 e. The van der Waals surface area contributed by atoms with E-state index in [-0.39, 0.29) is 30.5 Å². The van der Waals surface area contributed by atoms with Gasteiger partial charge in [0.15, 0.2) is 8.32 Å².